The van der Waals surface area contributed by atoms with Crippen LogP contribution in [0.3, 0.4) is 0 Å². The molecule has 0 heterocycles. The Labute approximate surface area is 95.8 Å². The van der Waals surface area contributed by atoms with E-state index in [0.29, 0.717) is 6.04 Å². The first kappa shape index (κ1) is 11.0. The molecule has 1 fully saturated rings. The molecular weight excluding hydrogens is 202 g/mol. The molecule has 1 aliphatic rings. The van der Waals surface area contributed by atoms with Crippen LogP contribution in [0.15, 0.2) is 24.3 Å². The standard InChI is InChI=1S/C13H17NO2/c1-2-10-5-3-4-6-12(10)16-9-13(15)14-11-7-8-11/h3-6,11H,2,7-9H2,1H3,(H,14,15). The molecule has 0 atom stereocenters. The van der Waals surface area contributed by atoms with Crippen molar-refractivity contribution in [3.63, 3.8) is 0 Å². The van der Waals surface area contributed by atoms with E-state index >= 15 is 0 Å². The Kier molecular flexibility index (Phi) is 3.44. The van der Waals surface area contributed by atoms with E-state index in [4.69, 9.17) is 4.74 Å². The minimum absolute atomic E-state index is 0.0200. The molecule has 86 valence electrons. The summed E-state index contributed by atoms with van der Waals surface area (Å²) in [6, 6.07) is 8.23. The van der Waals surface area contributed by atoms with E-state index in [9.17, 15) is 4.79 Å². The maximum Gasteiger partial charge on any atom is 0.258 e. The van der Waals surface area contributed by atoms with Crippen molar-refractivity contribution in [2.45, 2.75) is 32.2 Å². The molecule has 1 aliphatic carbocycles. The summed E-state index contributed by atoms with van der Waals surface area (Å²) in [4.78, 5) is 11.4. The number of amides is 1. The number of hydrogen-bond acceptors (Lipinski definition) is 2. The van der Waals surface area contributed by atoms with Crippen LogP contribution in [0.2, 0.25) is 0 Å². The summed E-state index contributed by atoms with van der Waals surface area (Å²) in [6.07, 6.45) is 3.13. The lowest BCUT2D eigenvalue weighted by Crippen LogP contribution is -2.30. The molecule has 3 nitrogen and oxygen atoms in total. The topological polar surface area (TPSA) is 38.3 Å². The predicted molar refractivity (Wildman–Crippen MR) is 62.5 cm³/mol. The quantitative estimate of drug-likeness (QED) is 0.821. The number of aryl methyl sites for hydroxylation is 1. The maximum atomic E-state index is 11.4. The highest BCUT2D eigenvalue weighted by atomic mass is 16.5. The van der Waals surface area contributed by atoms with Gasteiger partial charge in [-0.1, -0.05) is 25.1 Å². The molecule has 0 saturated heterocycles. The van der Waals surface area contributed by atoms with Gasteiger partial charge in [0.05, 0.1) is 0 Å². The number of benzene rings is 1. The highest BCUT2D eigenvalue weighted by Gasteiger charge is 2.23. The van der Waals surface area contributed by atoms with E-state index in [0.717, 1.165) is 30.6 Å². The first-order valence-electron chi connectivity index (χ1n) is 5.79. The largest absolute Gasteiger partial charge is 0.483 e. The molecule has 3 heteroatoms. The lowest BCUT2D eigenvalue weighted by Gasteiger charge is -2.09. The van der Waals surface area contributed by atoms with Gasteiger partial charge in [0.1, 0.15) is 5.75 Å². The zero-order valence-corrected chi connectivity index (χ0v) is 9.53. The van der Waals surface area contributed by atoms with Gasteiger partial charge in [-0.3, -0.25) is 4.79 Å². The second kappa shape index (κ2) is 5.01. The van der Waals surface area contributed by atoms with Gasteiger partial charge in [-0.2, -0.15) is 0 Å². The van der Waals surface area contributed by atoms with Crippen molar-refractivity contribution < 1.29 is 9.53 Å². The number of para-hydroxylation sites is 1. The van der Waals surface area contributed by atoms with Crippen molar-refractivity contribution in [2.75, 3.05) is 6.61 Å². The maximum absolute atomic E-state index is 11.4. The van der Waals surface area contributed by atoms with E-state index < -0.39 is 0 Å². The normalized spacial score (nSPS) is 14.6. The van der Waals surface area contributed by atoms with Crippen LogP contribution in [0.25, 0.3) is 0 Å². The van der Waals surface area contributed by atoms with Gasteiger partial charge in [0, 0.05) is 6.04 Å². The van der Waals surface area contributed by atoms with Crippen LogP contribution in [0, 0.1) is 0 Å². The Balaban J connectivity index is 1.85. The van der Waals surface area contributed by atoms with Gasteiger partial charge >= 0.3 is 0 Å². The fourth-order valence-corrected chi connectivity index (χ4v) is 1.58. The third kappa shape index (κ3) is 2.99. The first-order chi connectivity index (χ1) is 7.79. The van der Waals surface area contributed by atoms with Gasteiger partial charge < -0.3 is 10.1 Å². The van der Waals surface area contributed by atoms with E-state index in [-0.39, 0.29) is 12.5 Å². The van der Waals surface area contributed by atoms with Gasteiger partial charge in [-0.05, 0) is 30.9 Å². The molecule has 2 rings (SSSR count). The molecule has 1 aromatic carbocycles. The van der Waals surface area contributed by atoms with E-state index in [2.05, 4.69) is 12.2 Å². The van der Waals surface area contributed by atoms with Gasteiger partial charge in [-0.25, -0.2) is 0 Å². The van der Waals surface area contributed by atoms with Crippen LogP contribution < -0.4 is 10.1 Å². The van der Waals surface area contributed by atoms with Crippen molar-refractivity contribution in [2.24, 2.45) is 0 Å². The monoisotopic (exact) mass is 219 g/mol. The van der Waals surface area contributed by atoms with E-state index in [1.54, 1.807) is 0 Å². The molecule has 1 amide bonds. The summed E-state index contributed by atoms with van der Waals surface area (Å²) in [5.41, 5.74) is 1.14. The zero-order valence-electron chi connectivity index (χ0n) is 9.53. The van der Waals surface area contributed by atoms with Gasteiger partial charge in [-0.15, -0.1) is 0 Å². The van der Waals surface area contributed by atoms with Crippen molar-refractivity contribution in [1.82, 2.24) is 5.32 Å². The second-order valence-electron chi connectivity index (χ2n) is 4.09. The summed E-state index contributed by atoms with van der Waals surface area (Å²) in [5, 5.41) is 2.90. The molecule has 16 heavy (non-hydrogen) atoms. The number of carbonyl (C=O) groups excluding carboxylic acids is 1. The average Bonchev–Trinajstić information content (AvgIpc) is 3.10. The van der Waals surface area contributed by atoms with E-state index in [1.807, 2.05) is 24.3 Å². The molecule has 1 saturated carbocycles. The third-order valence-electron chi connectivity index (χ3n) is 2.65. The SMILES string of the molecule is CCc1ccccc1OCC(=O)NC1CC1. The Bertz CT molecular complexity index is 372. The van der Waals surface area contributed by atoms with Crippen LogP contribution in [-0.4, -0.2) is 18.6 Å². The Morgan fingerprint density at radius 3 is 2.88 bits per heavy atom. The number of carbonyl (C=O) groups is 1. The van der Waals surface area contributed by atoms with Gasteiger partial charge in [0.25, 0.3) is 5.91 Å². The molecule has 0 unspecified atom stereocenters. The Hall–Kier alpha value is -1.51. The summed E-state index contributed by atoms with van der Waals surface area (Å²) >= 11 is 0. The Morgan fingerprint density at radius 2 is 2.19 bits per heavy atom. The molecule has 1 aromatic rings. The molecule has 0 aromatic heterocycles. The molecule has 0 aliphatic heterocycles. The number of rotatable bonds is 5. The number of hydrogen-bond donors (Lipinski definition) is 1. The average molecular weight is 219 g/mol. The Morgan fingerprint density at radius 1 is 1.44 bits per heavy atom. The third-order valence-corrected chi connectivity index (χ3v) is 2.65. The summed E-state index contributed by atoms with van der Waals surface area (Å²) in [5.74, 6) is 0.796. The van der Waals surface area contributed by atoms with Crippen LogP contribution >= 0.6 is 0 Å². The van der Waals surface area contributed by atoms with Crippen molar-refractivity contribution in [1.29, 1.82) is 0 Å². The van der Waals surface area contributed by atoms with Crippen molar-refractivity contribution in [3.05, 3.63) is 29.8 Å². The van der Waals surface area contributed by atoms with E-state index in [1.165, 1.54) is 0 Å². The lowest BCUT2D eigenvalue weighted by molar-refractivity contribution is -0.123. The number of ether oxygens (including phenoxy) is 1. The van der Waals surface area contributed by atoms with Gasteiger partial charge in [0.2, 0.25) is 0 Å². The summed E-state index contributed by atoms with van der Waals surface area (Å²) < 4.78 is 5.51. The summed E-state index contributed by atoms with van der Waals surface area (Å²) in [7, 11) is 0. The predicted octanol–water partition coefficient (Wildman–Crippen LogP) is 1.91. The second-order valence-corrected chi connectivity index (χ2v) is 4.09. The van der Waals surface area contributed by atoms with Crippen LogP contribution in [0.4, 0.5) is 0 Å². The first-order valence-corrected chi connectivity index (χ1v) is 5.79. The lowest BCUT2D eigenvalue weighted by atomic mass is 10.1. The summed E-state index contributed by atoms with van der Waals surface area (Å²) in [6.45, 7) is 2.19. The van der Waals surface area contributed by atoms with Crippen LogP contribution in [0.5, 0.6) is 5.75 Å². The fourth-order valence-electron chi connectivity index (χ4n) is 1.58. The fraction of sp³-hybridized carbons (Fsp3) is 0.462. The highest BCUT2D eigenvalue weighted by Crippen LogP contribution is 2.19. The molecule has 0 bridgehead atoms. The van der Waals surface area contributed by atoms with Crippen LogP contribution in [-0.2, 0) is 11.2 Å². The molecule has 1 N–H and O–H groups in total. The molecule has 0 spiro atoms. The minimum Gasteiger partial charge on any atom is -0.483 e. The molecule has 0 radical (unpaired) electrons. The number of nitrogens with one attached hydrogen (secondary N) is 1. The van der Waals surface area contributed by atoms with Crippen LogP contribution in [0.1, 0.15) is 25.3 Å². The van der Waals surface area contributed by atoms with Gasteiger partial charge in [0.15, 0.2) is 6.61 Å². The molecular formula is C13H17NO2. The van der Waals surface area contributed by atoms with Crippen molar-refractivity contribution in [3.8, 4) is 5.75 Å². The zero-order chi connectivity index (χ0) is 11.4. The minimum atomic E-state index is -0.0200. The smallest absolute Gasteiger partial charge is 0.258 e. The highest BCUT2D eigenvalue weighted by molar-refractivity contribution is 5.78. The van der Waals surface area contributed by atoms with Crippen molar-refractivity contribution >= 4 is 5.91 Å².